The molecule has 0 bridgehead atoms. The van der Waals surface area contributed by atoms with E-state index in [1.807, 2.05) is 6.26 Å². The third-order valence-electron chi connectivity index (χ3n) is 5.84. The van der Waals surface area contributed by atoms with Crippen molar-refractivity contribution in [2.75, 3.05) is 0 Å². The number of hydrogen-bond acceptors (Lipinski definition) is 3. The molecule has 0 aromatic carbocycles. The van der Waals surface area contributed by atoms with Gasteiger partial charge in [-0.15, -0.1) is 11.6 Å². The number of hydrogen-bond donors (Lipinski definition) is 1. The molecule has 0 amide bonds. The minimum atomic E-state index is -1.05. The van der Waals surface area contributed by atoms with Gasteiger partial charge in [-0.3, -0.25) is 4.79 Å². The maximum absolute atomic E-state index is 11.9. The highest BCUT2D eigenvalue weighted by molar-refractivity contribution is 6.22. The molecule has 0 saturated heterocycles. The van der Waals surface area contributed by atoms with Crippen molar-refractivity contribution in [3.8, 4) is 0 Å². The highest BCUT2D eigenvalue weighted by atomic mass is 35.5. The van der Waals surface area contributed by atoms with E-state index in [0.29, 0.717) is 6.42 Å². The maximum atomic E-state index is 11.9. The van der Waals surface area contributed by atoms with Crippen LogP contribution in [-0.4, -0.2) is 22.4 Å². The quantitative estimate of drug-likeness (QED) is 0.375. The number of aliphatic hydroxyl groups is 1. The molecule has 0 radical (unpaired) electrons. The second kappa shape index (κ2) is 10.5. The molecule has 0 fully saturated rings. The Bertz CT molecular complexity index is 700. The van der Waals surface area contributed by atoms with Crippen molar-refractivity contribution in [3.63, 3.8) is 0 Å². The van der Waals surface area contributed by atoms with Gasteiger partial charge in [-0.1, -0.05) is 30.7 Å². The lowest BCUT2D eigenvalue weighted by Crippen LogP contribution is -2.29. The van der Waals surface area contributed by atoms with Gasteiger partial charge in [0.25, 0.3) is 0 Å². The summed E-state index contributed by atoms with van der Waals surface area (Å²) in [5.74, 6) is 1.23. The van der Waals surface area contributed by atoms with Crippen molar-refractivity contribution in [1.29, 1.82) is 0 Å². The SMILES string of the molecule is CC(=CC=C[C@]1(C)CCCc2ccoc21)CCC[C@H](C)CC(=O)[C@@H](O)[C@H](C)Cl. The van der Waals surface area contributed by atoms with Gasteiger partial charge >= 0.3 is 0 Å². The predicted octanol–water partition coefficient (Wildman–Crippen LogP) is 6.13. The molecule has 1 aliphatic rings. The van der Waals surface area contributed by atoms with Gasteiger partial charge in [0.2, 0.25) is 0 Å². The average Bonchev–Trinajstić information content (AvgIpc) is 3.11. The van der Waals surface area contributed by atoms with Crippen LogP contribution in [0.5, 0.6) is 0 Å². The highest BCUT2D eigenvalue weighted by Gasteiger charge is 2.32. The number of carbonyl (C=O) groups is 1. The van der Waals surface area contributed by atoms with Gasteiger partial charge in [-0.25, -0.2) is 0 Å². The topological polar surface area (TPSA) is 50.4 Å². The highest BCUT2D eigenvalue weighted by Crippen LogP contribution is 2.38. The van der Waals surface area contributed by atoms with Crippen LogP contribution in [0.2, 0.25) is 0 Å². The molecule has 2 rings (SSSR count). The minimum absolute atomic E-state index is 0.0108. The van der Waals surface area contributed by atoms with Crippen molar-refractivity contribution in [1.82, 2.24) is 0 Å². The van der Waals surface area contributed by atoms with Crippen LogP contribution in [0.25, 0.3) is 0 Å². The second-order valence-electron chi connectivity index (χ2n) is 8.71. The van der Waals surface area contributed by atoms with Crippen LogP contribution in [0.15, 0.2) is 40.5 Å². The van der Waals surface area contributed by atoms with Crippen molar-refractivity contribution in [2.45, 2.75) is 89.5 Å². The summed E-state index contributed by atoms with van der Waals surface area (Å²) in [4.78, 5) is 11.9. The normalized spacial score (nSPS) is 23.4. The molecule has 1 aromatic rings. The van der Waals surface area contributed by atoms with Crippen molar-refractivity contribution >= 4 is 17.4 Å². The van der Waals surface area contributed by atoms with Crippen LogP contribution in [-0.2, 0) is 16.6 Å². The van der Waals surface area contributed by atoms with E-state index in [2.05, 4.69) is 45.1 Å². The van der Waals surface area contributed by atoms with Crippen molar-refractivity contribution in [2.24, 2.45) is 5.92 Å². The minimum Gasteiger partial charge on any atom is -0.468 e. The molecule has 3 nitrogen and oxygen atoms in total. The van der Waals surface area contributed by atoms with Crippen molar-refractivity contribution < 1.29 is 14.3 Å². The first kappa shape index (κ1) is 23.0. The molecular formula is C24H35ClO3. The molecule has 1 aromatic heterocycles. The van der Waals surface area contributed by atoms with Crippen LogP contribution < -0.4 is 0 Å². The average molecular weight is 407 g/mol. The molecule has 4 heteroatoms. The van der Waals surface area contributed by atoms with E-state index in [-0.39, 0.29) is 17.1 Å². The maximum Gasteiger partial charge on any atom is 0.163 e. The molecule has 4 atom stereocenters. The van der Waals surface area contributed by atoms with E-state index < -0.39 is 11.5 Å². The molecule has 0 aliphatic heterocycles. The Balaban J connectivity index is 1.78. The summed E-state index contributed by atoms with van der Waals surface area (Å²) in [6, 6.07) is 2.10. The van der Waals surface area contributed by atoms with E-state index in [4.69, 9.17) is 16.0 Å². The van der Waals surface area contributed by atoms with Crippen molar-refractivity contribution in [3.05, 3.63) is 47.5 Å². The number of aliphatic hydroxyl groups excluding tert-OH is 1. The number of Topliss-reactive ketones (excluding diaryl/α,β-unsaturated/α-hetero) is 1. The van der Waals surface area contributed by atoms with E-state index in [1.54, 1.807) is 6.92 Å². The molecule has 0 unspecified atom stereocenters. The summed E-state index contributed by atoms with van der Waals surface area (Å²) in [5, 5.41) is 9.20. The van der Waals surface area contributed by atoms with Crippen LogP contribution in [0.3, 0.4) is 0 Å². The number of rotatable bonds is 10. The Morgan fingerprint density at radius 2 is 2.18 bits per heavy atom. The van der Waals surface area contributed by atoms with E-state index in [1.165, 1.54) is 17.6 Å². The van der Waals surface area contributed by atoms with Gasteiger partial charge in [0.1, 0.15) is 11.9 Å². The Morgan fingerprint density at radius 3 is 2.89 bits per heavy atom. The van der Waals surface area contributed by atoms with Gasteiger partial charge < -0.3 is 9.52 Å². The third-order valence-corrected chi connectivity index (χ3v) is 6.07. The van der Waals surface area contributed by atoms with Gasteiger partial charge in [-0.05, 0) is 76.8 Å². The number of fused-ring (bicyclic) bond motifs is 1. The van der Waals surface area contributed by atoms with E-state index in [0.717, 1.165) is 37.9 Å². The Labute approximate surface area is 174 Å². The lowest BCUT2D eigenvalue weighted by atomic mass is 9.75. The fourth-order valence-electron chi connectivity index (χ4n) is 4.01. The Kier molecular flexibility index (Phi) is 8.57. The summed E-state index contributed by atoms with van der Waals surface area (Å²) in [5.41, 5.74) is 2.67. The molecule has 28 heavy (non-hydrogen) atoms. The molecule has 1 heterocycles. The number of aryl methyl sites for hydroxylation is 1. The van der Waals surface area contributed by atoms with Gasteiger partial charge in [-0.2, -0.15) is 0 Å². The van der Waals surface area contributed by atoms with Gasteiger partial charge in [0.05, 0.1) is 11.6 Å². The second-order valence-corrected chi connectivity index (χ2v) is 9.40. The number of furan rings is 1. The van der Waals surface area contributed by atoms with Crippen LogP contribution in [0.1, 0.15) is 77.5 Å². The number of ketones is 1. The van der Waals surface area contributed by atoms with Gasteiger partial charge in [0.15, 0.2) is 5.78 Å². The first-order valence-electron chi connectivity index (χ1n) is 10.5. The number of alkyl halides is 1. The number of allylic oxidation sites excluding steroid dienone is 4. The predicted molar refractivity (Wildman–Crippen MR) is 116 cm³/mol. The summed E-state index contributed by atoms with van der Waals surface area (Å²) < 4.78 is 5.76. The lowest BCUT2D eigenvalue weighted by Gasteiger charge is -2.29. The zero-order chi connectivity index (χ0) is 20.7. The molecule has 1 N–H and O–H groups in total. The zero-order valence-electron chi connectivity index (χ0n) is 17.7. The standard InChI is InChI=1S/C24H35ClO3/c1-17(8-5-9-18(2)16-21(26)22(27)19(3)25)10-6-13-24(4)14-7-11-20-12-15-28-23(20)24/h6,10,12-13,15,18-19,22,27H,5,7-9,11,14,16H2,1-4H3/t18-,19-,22-,24+/m0/s1. The fourth-order valence-corrected chi connectivity index (χ4v) is 4.15. The Morgan fingerprint density at radius 1 is 1.43 bits per heavy atom. The lowest BCUT2D eigenvalue weighted by molar-refractivity contribution is -0.127. The Hall–Kier alpha value is -1.32. The van der Waals surface area contributed by atoms with Crippen LogP contribution in [0.4, 0.5) is 0 Å². The van der Waals surface area contributed by atoms with Crippen LogP contribution in [0, 0.1) is 5.92 Å². The first-order valence-corrected chi connectivity index (χ1v) is 10.9. The molecule has 0 spiro atoms. The molecule has 156 valence electrons. The van der Waals surface area contributed by atoms with Gasteiger partial charge in [0, 0.05) is 11.8 Å². The number of halogens is 1. The number of carbonyl (C=O) groups excluding carboxylic acids is 1. The summed E-state index contributed by atoms with van der Waals surface area (Å²) >= 11 is 5.80. The third kappa shape index (κ3) is 6.35. The smallest absolute Gasteiger partial charge is 0.163 e. The fraction of sp³-hybridized carbons (Fsp3) is 0.625. The zero-order valence-corrected chi connectivity index (χ0v) is 18.5. The van der Waals surface area contributed by atoms with Crippen LogP contribution >= 0.6 is 11.6 Å². The summed E-state index contributed by atoms with van der Waals surface area (Å²) in [6.07, 6.45) is 14.2. The molecular weight excluding hydrogens is 372 g/mol. The first-order chi connectivity index (χ1) is 13.2. The summed E-state index contributed by atoms with van der Waals surface area (Å²) in [7, 11) is 0. The molecule has 1 aliphatic carbocycles. The van der Waals surface area contributed by atoms with E-state index >= 15 is 0 Å². The monoisotopic (exact) mass is 406 g/mol. The largest absolute Gasteiger partial charge is 0.468 e. The molecule has 0 saturated carbocycles. The van der Waals surface area contributed by atoms with E-state index in [9.17, 15) is 9.90 Å². The summed E-state index contributed by atoms with van der Waals surface area (Å²) in [6.45, 7) is 8.12.